The van der Waals surface area contributed by atoms with Crippen LogP contribution >= 0.6 is 11.3 Å². The molecule has 0 saturated carbocycles. The van der Waals surface area contributed by atoms with Crippen LogP contribution in [-0.2, 0) is 0 Å². The van der Waals surface area contributed by atoms with Crippen molar-refractivity contribution in [1.82, 2.24) is 19.5 Å². The quantitative estimate of drug-likeness (QED) is 0.193. The minimum absolute atomic E-state index is 0.711. The zero-order valence-electron chi connectivity index (χ0n) is 25.3. The Kier molecular flexibility index (Phi) is 4.55. The first-order valence-corrected chi connectivity index (χ1v) is 16.9. The second kappa shape index (κ2) is 8.76. The first-order chi connectivity index (χ1) is 23.8. The van der Waals surface area contributed by atoms with Gasteiger partial charge in [-0.25, -0.2) is 9.97 Å². The highest BCUT2D eigenvalue weighted by Crippen LogP contribution is 2.49. The third-order valence-electron chi connectivity index (χ3n) is 10.1. The number of benzene rings is 7. The molecule has 5 aromatic heterocycles. The van der Waals surface area contributed by atoms with Gasteiger partial charge < -0.3 is 9.40 Å². The van der Waals surface area contributed by atoms with Gasteiger partial charge in [0.05, 0.1) is 32.2 Å². The lowest BCUT2D eigenvalue weighted by Gasteiger charge is -2.11. The molecular formula is C42H22N4OS. The Balaban J connectivity index is 1.39. The number of hydrogen-bond donors (Lipinski definition) is 1. The maximum atomic E-state index is 6.58. The molecule has 0 aliphatic heterocycles. The van der Waals surface area contributed by atoms with E-state index in [1.807, 2.05) is 12.1 Å². The number of hydrogen-bond acceptors (Lipinski definition) is 4. The number of aromatic amines is 1. The van der Waals surface area contributed by atoms with E-state index in [1.54, 1.807) is 11.3 Å². The summed E-state index contributed by atoms with van der Waals surface area (Å²) in [5.41, 5.74) is 8.23. The Labute approximate surface area is 275 Å². The summed E-state index contributed by atoms with van der Waals surface area (Å²) in [6.45, 7) is 0. The number of nitrogens with zero attached hydrogens (tertiary/aromatic N) is 3. The molecule has 5 nitrogen and oxygen atoms in total. The molecule has 12 rings (SSSR count). The van der Waals surface area contributed by atoms with E-state index in [0.717, 1.165) is 76.4 Å². The van der Waals surface area contributed by atoms with Gasteiger partial charge in [0.1, 0.15) is 11.2 Å². The SMILES string of the molecule is c1ccc(-c2nc(-n3c4cc5c6ccccc6[nH]c5c5ccc6cc7oc8ccccc8c7c3c6c54)c3sc4ccccc4c3n2)cc1. The molecule has 1 N–H and O–H groups in total. The van der Waals surface area contributed by atoms with E-state index in [2.05, 4.69) is 125 Å². The van der Waals surface area contributed by atoms with Gasteiger partial charge in [0.15, 0.2) is 11.6 Å². The smallest absolute Gasteiger partial charge is 0.162 e. The van der Waals surface area contributed by atoms with Crippen LogP contribution in [0.2, 0.25) is 0 Å². The second-order valence-corrected chi connectivity index (χ2v) is 13.7. The average Bonchev–Trinajstić information content (AvgIpc) is 3.89. The van der Waals surface area contributed by atoms with E-state index in [9.17, 15) is 0 Å². The largest absolute Gasteiger partial charge is 0.456 e. The highest BCUT2D eigenvalue weighted by atomic mass is 32.1. The molecule has 0 fully saturated rings. The summed E-state index contributed by atoms with van der Waals surface area (Å²) < 4.78 is 11.3. The summed E-state index contributed by atoms with van der Waals surface area (Å²) in [4.78, 5) is 14.5. The van der Waals surface area contributed by atoms with Crippen molar-refractivity contribution in [3.8, 4) is 17.2 Å². The van der Waals surface area contributed by atoms with Gasteiger partial charge in [0.2, 0.25) is 0 Å². The summed E-state index contributed by atoms with van der Waals surface area (Å²) >= 11 is 1.76. The van der Waals surface area contributed by atoms with E-state index in [4.69, 9.17) is 14.4 Å². The predicted octanol–water partition coefficient (Wildman–Crippen LogP) is 11.7. The fourth-order valence-electron chi connectivity index (χ4n) is 8.06. The molecule has 0 radical (unpaired) electrons. The van der Waals surface area contributed by atoms with Gasteiger partial charge in [-0.3, -0.25) is 4.57 Å². The fraction of sp³-hybridized carbons (Fsp3) is 0. The number of aromatic nitrogens is 4. The van der Waals surface area contributed by atoms with Crippen molar-refractivity contribution >= 4 is 108 Å². The summed E-state index contributed by atoms with van der Waals surface area (Å²) in [6, 6.07) is 44.9. The maximum Gasteiger partial charge on any atom is 0.162 e. The molecule has 0 atom stereocenters. The first kappa shape index (κ1) is 24.9. The predicted molar refractivity (Wildman–Crippen MR) is 200 cm³/mol. The molecule has 0 aliphatic rings. The Morgan fingerprint density at radius 3 is 2.31 bits per heavy atom. The lowest BCUT2D eigenvalue weighted by atomic mass is 9.98. The third-order valence-corrected chi connectivity index (χ3v) is 11.2. The van der Waals surface area contributed by atoms with Crippen molar-refractivity contribution in [3.63, 3.8) is 0 Å². The number of para-hydroxylation sites is 2. The Hall–Kier alpha value is -6.24. The number of fused-ring (bicyclic) bond motifs is 11. The lowest BCUT2D eigenvalue weighted by molar-refractivity contribution is 0.669. The number of thiophene rings is 1. The molecule has 5 heterocycles. The van der Waals surface area contributed by atoms with Crippen molar-refractivity contribution in [3.05, 3.63) is 127 Å². The molecule has 0 saturated heterocycles. The molecule has 0 unspecified atom stereocenters. The van der Waals surface area contributed by atoms with E-state index in [1.165, 1.54) is 31.6 Å². The Morgan fingerprint density at radius 2 is 1.40 bits per heavy atom. The second-order valence-electron chi connectivity index (χ2n) is 12.6. The highest BCUT2D eigenvalue weighted by molar-refractivity contribution is 7.26. The monoisotopic (exact) mass is 630 g/mol. The van der Waals surface area contributed by atoms with Gasteiger partial charge in [-0.15, -0.1) is 11.3 Å². The standard InChI is InChI=1S/C42H22N4OS/c1-2-10-22(11-3-1)41-44-38-26-14-6-9-17-33(26)48-40(38)42(45-41)46-30-21-28-24-12-4-7-15-29(24)43-37(28)27-19-18-23-20-32-36(39(46)34(23)35(27)30)25-13-5-8-16-31(25)47-32/h1-21,43H. The van der Waals surface area contributed by atoms with Gasteiger partial charge >= 0.3 is 0 Å². The van der Waals surface area contributed by atoms with Crippen LogP contribution in [0.4, 0.5) is 0 Å². The molecule has 7 aromatic carbocycles. The lowest BCUT2D eigenvalue weighted by Crippen LogP contribution is -2.01. The van der Waals surface area contributed by atoms with E-state index in [-0.39, 0.29) is 0 Å². The Bertz CT molecular complexity index is 3290. The number of rotatable bonds is 2. The van der Waals surface area contributed by atoms with Gasteiger partial charge in [-0.2, -0.15) is 0 Å². The first-order valence-electron chi connectivity index (χ1n) is 16.1. The third kappa shape index (κ3) is 3.06. The Morgan fingerprint density at radius 1 is 0.604 bits per heavy atom. The van der Waals surface area contributed by atoms with Gasteiger partial charge in [-0.05, 0) is 35.7 Å². The number of furan rings is 1. The van der Waals surface area contributed by atoms with Crippen LogP contribution in [0.15, 0.2) is 132 Å². The van der Waals surface area contributed by atoms with Gasteiger partial charge in [-0.1, -0.05) is 97.1 Å². The topological polar surface area (TPSA) is 59.6 Å². The number of nitrogens with one attached hydrogen (secondary N) is 1. The molecule has 222 valence electrons. The van der Waals surface area contributed by atoms with Crippen molar-refractivity contribution in [2.75, 3.05) is 0 Å². The van der Waals surface area contributed by atoms with E-state index < -0.39 is 0 Å². The summed E-state index contributed by atoms with van der Waals surface area (Å²) in [5.74, 6) is 1.60. The van der Waals surface area contributed by atoms with Crippen molar-refractivity contribution in [1.29, 1.82) is 0 Å². The van der Waals surface area contributed by atoms with Crippen molar-refractivity contribution in [2.24, 2.45) is 0 Å². The van der Waals surface area contributed by atoms with Crippen LogP contribution in [0.3, 0.4) is 0 Å². The van der Waals surface area contributed by atoms with E-state index >= 15 is 0 Å². The van der Waals surface area contributed by atoms with Crippen LogP contribution in [0.1, 0.15) is 0 Å². The highest BCUT2D eigenvalue weighted by Gasteiger charge is 2.27. The van der Waals surface area contributed by atoms with Crippen molar-refractivity contribution < 1.29 is 4.42 Å². The normalized spacial score (nSPS) is 12.6. The van der Waals surface area contributed by atoms with Crippen LogP contribution in [0, 0.1) is 0 Å². The molecule has 48 heavy (non-hydrogen) atoms. The molecule has 0 bridgehead atoms. The summed E-state index contributed by atoms with van der Waals surface area (Å²) in [7, 11) is 0. The van der Waals surface area contributed by atoms with E-state index in [0.29, 0.717) is 5.82 Å². The molecule has 0 aliphatic carbocycles. The zero-order valence-corrected chi connectivity index (χ0v) is 26.1. The van der Waals surface area contributed by atoms with Crippen LogP contribution in [-0.4, -0.2) is 19.5 Å². The summed E-state index contributed by atoms with van der Waals surface area (Å²) in [6.07, 6.45) is 0. The minimum atomic E-state index is 0.711. The van der Waals surface area contributed by atoms with Crippen molar-refractivity contribution in [2.45, 2.75) is 0 Å². The van der Waals surface area contributed by atoms with Crippen LogP contribution < -0.4 is 0 Å². The van der Waals surface area contributed by atoms with Crippen LogP contribution in [0.5, 0.6) is 0 Å². The van der Waals surface area contributed by atoms with Crippen LogP contribution in [0.25, 0.3) is 114 Å². The van der Waals surface area contributed by atoms with Gasteiger partial charge in [0.25, 0.3) is 0 Å². The number of H-pyrrole nitrogens is 1. The van der Waals surface area contributed by atoms with Gasteiger partial charge in [0, 0.05) is 53.5 Å². The zero-order chi connectivity index (χ0) is 31.1. The maximum absolute atomic E-state index is 6.58. The molecule has 0 spiro atoms. The fourth-order valence-corrected chi connectivity index (χ4v) is 9.19. The minimum Gasteiger partial charge on any atom is -0.456 e. The molecule has 6 heteroatoms. The molecular weight excluding hydrogens is 609 g/mol. The molecule has 12 aromatic rings. The average molecular weight is 631 g/mol. The molecule has 0 amide bonds. The summed E-state index contributed by atoms with van der Waals surface area (Å²) in [5, 5.41) is 10.5.